The van der Waals surface area contributed by atoms with Gasteiger partial charge in [0.15, 0.2) is 0 Å². The number of benzene rings is 1. The molecule has 1 aromatic carbocycles. The van der Waals surface area contributed by atoms with Crippen LogP contribution in [0.1, 0.15) is 44.0 Å². The van der Waals surface area contributed by atoms with Crippen LogP contribution in [0.15, 0.2) is 72.0 Å². The number of carbonyl (C=O) groups excluding carboxylic acids is 2. The molecule has 0 bridgehead atoms. The van der Waals surface area contributed by atoms with Crippen molar-refractivity contribution in [3.63, 3.8) is 0 Å². The third kappa shape index (κ3) is 8.73. The lowest BCUT2D eigenvalue weighted by Gasteiger charge is -2.08. The molecule has 1 heterocycles. The van der Waals surface area contributed by atoms with Gasteiger partial charge >= 0.3 is 0 Å². The summed E-state index contributed by atoms with van der Waals surface area (Å²) >= 11 is 0. The first-order chi connectivity index (χ1) is 14.4. The molecule has 0 aliphatic carbocycles. The smallest absolute Gasteiger partial charge is 0.251 e. The van der Waals surface area contributed by atoms with Crippen LogP contribution in [0.5, 0.6) is 5.75 Å². The second-order valence-corrected chi connectivity index (χ2v) is 7.15. The summed E-state index contributed by atoms with van der Waals surface area (Å²) in [6.45, 7) is 6.65. The molecular formula is C24H29N3O3. The highest BCUT2D eigenvalue weighted by atomic mass is 16.5. The van der Waals surface area contributed by atoms with Crippen LogP contribution >= 0.6 is 0 Å². The maximum Gasteiger partial charge on any atom is 0.251 e. The molecule has 0 fully saturated rings. The summed E-state index contributed by atoms with van der Waals surface area (Å²) in [7, 11) is 0. The molecule has 2 N–H and O–H groups in total. The maximum atomic E-state index is 12.2. The number of carbonyl (C=O) groups is 2. The van der Waals surface area contributed by atoms with E-state index in [0.29, 0.717) is 23.7 Å². The van der Waals surface area contributed by atoms with E-state index < -0.39 is 0 Å². The van der Waals surface area contributed by atoms with Crippen molar-refractivity contribution < 1.29 is 14.3 Å². The summed E-state index contributed by atoms with van der Waals surface area (Å²) in [4.78, 5) is 28.1. The van der Waals surface area contributed by atoms with Gasteiger partial charge in [-0.2, -0.15) is 0 Å². The molecule has 0 aliphatic heterocycles. The minimum absolute atomic E-state index is 0.134. The molecule has 2 amide bonds. The molecule has 6 nitrogen and oxygen atoms in total. The van der Waals surface area contributed by atoms with Gasteiger partial charge in [0, 0.05) is 11.8 Å². The molecule has 0 radical (unpaired) electrons. The van der Waals surface area contributed by atoms with Gasteiger partial charge in [0.25, 0.3) is 5.91 Å². The minimum Gasteiger partial charge on any atom is -0.490 e. The van der Waals surface area contributed by atoms with Crippen molar-refractivity contribution in [2.24, 2.45) is 0 Å². The Kier molecular flexibility index (Phi) is 9.31. The highest BCUT2D eigenvalue weighted by molar-refractivity contribution is 5.99. The number of anilines is 1. The number of nitrogens with zero attached hydrogens (tertiary/aromatic N) is 1. The second-order valence-electron chi connectivity index (χ2n) is 7.15. The van der Waals surface area contributed by atoms with Crippen molar-refractivity contribution in [1.29, 1.82) is 0 Å². The molecule has 2 aromatic rings. The number of hydrogen-bond acceptors (Lipinski definition) is 4. The van der Waals surface area contributed by atoms with Crippen LogP contribution in [0, 0.1) is 0 Å². The van der Waals surface area contributed by atoms with Gasteiger partial charge < -0.3 is 15.4 Å². The van der Waals surface area contributed by atoms with Crippen molar-refractivity contribution in [3.8, 4) is 5.75 Å². The van der Waals surface area contributed by atoms with E-state index in [4.69, 9.17) is 4.74 Å². The molecule has 0 spiro atoms. The van der Waals surface area contributed by atoms with Crippen LogP contribution < -0.4 is 15.4 Å². The Bertz CT molecular complexity index is 884. The lowest BCUT2D eigenvalue weighted by Crippen LogP contribution is -2.33. The number of rotatable bonds is 10. The van der Waals surface area contributed by atoms with Gasteiger partial charge in [-0.25, -0.2) is 4.98 Å². The van der Waals surface area contributed by atoms with Gasteiger partial charge in [-0.05, 0) is 76.1 Å². The summed E-state index contributed by atoms with van der Waals surface area (Å²) in [5, 5.41) is 5.20. The van der Waals surface area contributed by atoms with Crippen LogP contribution in [0.2, 0.25) is 0 Å². The standard InChI is InChI=1S/C24H29N3O3/c1-18(2)7-6-8-19(3)14-16-30-21-12-10-20(11-13-21)24(29)26-17-23(28)27-22-9-4-5-15-25-22/h4-5,7,9-15H,6,8,16-17H2,1-3H3,(H,26,29)(H,25,27,28). The van der Waals surface area contributed by atoms with Crippen LogP contribution in [0.4, 0.5) is 5.82 Å². The van der Waals surface area contributed by atoms with Crippen LogP contribution in [0.3, 0.4) is 0 Å². The van der Waals surface area contributed by atoms with E-state index in [1.54, 1.807) is 48.7 Å². The van der Waals surface area contributed by atoms with Crippen molar-refractivity contribution in [2.45, 2.75) is 33.6 Å². The Morgan fingerprint density at radius 3 is 2.47 bits per heavy atom. The summed E-state index contributed by atoms with van der Waals surface area (Å²) in [5.74, 6) is 0.466. The molecular weight excluding hydrogens is 378 g/mol. The van der Waals surface area contributed by atoms with E-state index in [9.17, 15) is 9.59 Å². The number of ether oxygens (including phenoxy) is 1. The number of allylic oxidation sites excluding steroid dienone is 3. The average molecular weight is 408 g/mol. The quantitative estimate of drug-likeness (QED) is 0.568. The third-order valence-corrected chi connectivity index (χ3v) is 4.23. The summed E-state index contributed by atoms with van der Waals surface area (Å²) in [5.41, 5.74) is 3.07. The van der Waals surface area contributed by atoms with Crippen LogP contribution in [0.25, 0.3) is 0 Å². The maximum absolute atomic E-state index is 12.2. The van der Waals surface area contributed by atoms with Crippen molar-refractivity contribution >= 4 is 17.6 Å². The predicted octanol–water partition coefficient (Wildman–Crippen LogP) is 4.52. The largest absolute Gasteiger partial charge is 0.490 e. The number of hydrogen-bond donors (Lipinski definition) is 2. The first kappa shape index (κ1) is 22.9. The number of pyridine rings is 1. The molecule has 0 saturated carbocycles. The van der Waals surface area contributed by atoms with Gasteiger partial charge in [0.1, 0.15) is 18.2 Å². The van der Waals surface area contributed by atoms with Crippen molar-refractivity contribution in [2.75, 3.05) is 18.5 Å². The molecule has 0 saturated heterocycles. The monoisotopic (exact) mass is 407 g/mol. The first-order valence-corrected chi connectivity index (χ1v) is 9.95. The van der Waals surface area contributed by atoms with E-state index in [0.717, 1.165) is 12.8 Å². The number of nitrogens with one attached hydrogen (secondary N) is 2. The molecule has 0 unspecified atom stereocenters. The van der Waals surface area contributed by atoms with Gasteiger partial charge in [-0.1, -0.05) is 23.3 Å². The molecule has 2 rings (SSSR count). The zero-order chi connectivity index (χ0) is 21.8. The fourth-order valence-corrected chi connectivity index (χ4v) is 2.56. The first-order valence-electron chi connectivity index (χ1n) is 9.95. The average Bonchev–Trinajstić information content (AvgIpc) is 2.73. The Morgan fingerprint density at radius 2 is 1.80 bits per heavy atom. The van der Waals surface area contributed by atoms with E-state index >= 15 is 0 Å². The Balaban J connectivity index is 1.74. The van der Waals surface area contributed by atoms with Crippen molar-refractivity contribution in [1.82, 2.24) is 10.3 Å². The van der Waals surface area contributed by atoms with E-state index in [1.807, 2.05) is 0 Å². The summed E-state index contributed by atoms with van der Waals surface area (Å²) < 4.78 is 5.71. The van der Waals surface area contributed by atoms with Crippen LogP contribution in [-0.4, -0.2) is 29.9 Å². The number of amides is 2. The fraction of sp³-hybridized carbons (Fsp3) is 0.292. The topological polar surface area (TPSA) is 80.3 Å². The second kappa shape index (κ2) is 12.2. The normalized spacial score (nSPS) is 10.8. The third-order valence-electron chi connectivity index (χ3n) is 4.23. The Hall–Kier alpha value is -3.41. The predicted molar refractivity (Wildman–Crippen MR) is 120 cm³/mol. The fourth-order valence-electron chi connectivity index (χ4n) is 2.56. The molecule has 0 aliphatic rings. The van der Waals surface area contributed by atoms with E-state index in [1.165, 1.54) is 11.1 Å². The summed E-state index contributed by atoms with van der Waals surface area (Å²) in [6, 6.07) is 12.0. The molecule has 0 atom stereocenters. The van der Waals surface area contributed by atoms with E-state index in [2.05, 4.69) is 48.5 Å². The lowest BCUT2D eigenvalue weighted by atomic mass is 10.1. The van der Waals surface area contributed by atoms with Gasteiger partial charge in [0.05, 0.1) is 6.54 Å². The highest BCUT2D eigenvalue weighted by Crippen LogP contribution is 2.13. The zero-order valence-electron chi connectivity index (χ0n) is 17.8. The van der Waals surface area contributed by atoms with Crippen molar-refractivity contribution in [3.05, 3.63) is 77.5 Å². The van der Waals surface area contributed by atoms with E-state index in [-0.39, 0.29) is 18.4 Å². The minimum atomic E-state index is -0.339. The molecule has 158 valence electrons. The van der Waals surface area contributed by atoms with Gasteiger partial charge in [-0.3, -0.25) is 9.59 Å². The zero-order valence-corrected chi connectivity index (χ0v) is 17.8. The highest BCUT2D eigenvalue weighted by Gasteiger charge is 2.09. The molecule has 30 heavy (non-hydrogen) atoms. The Labute approximate surface area is 178 Å². The summed E-state index contributed by atoms with van der Waals surface area (Å²) in [6.07, 6.45) is 7.93. The Morgan fingerprint density at radius 1 is 1.03 bits per heavy atom. The van der Waals surface area contributed by atoms with Gasteiger partial charge in [-0.15, -0.1) is 0 Å². The number of aromatic nitrogens is 1. The van der Waals surface area contributed by atoms with Crippen LogP contribution in [-0.2, 0) is 4.79 Å². The SMILES string of the molecule is CC(C)=CCCC(C)=CCOc1ccc(C(=O)NCC(=O)Nc2ccccn2)cc1. The lowest BCUT2D eigenvalue weighted by molar-refractivity contribution is -0.115. The van der Waals surface area contributed by atoms with Gasteiger partial charge in [0.2, 0.25) is 5.91 Å². The molecule has 1 aromatic heterocycles. The molecule has 6 heteroatoms.